The van der Waals surface area contributed by atoms with Gasteiger partial charge >= 0.3 is 0 Å². The molecule has 9 nitrogen and oxygen atoms in total. The van der Waals surface area contributed by atoms with Gasteiger partial charge in [-0.1, -0.05) is 36.4 Å². The zero-order valence-corrected chi connectivity index (χ0v) is 20.8. The van der Waals surface area contributed by atoms with Crippen molar-refractivity contribution in [2.75, 3.05) is 24.9 Å². The molecule has 1 amide bonds. The number of ether oxygens (including phenoxy) is 3. The number of hydrogen-bond acceptors (Lipinski definition) is 7. The minimum Gasteiger partial charge on any atom is -0.497 e. The number of aromatic nitrogens is 3. The van der Waals surface area contributed by atoms with Crippen molar-refractivity contribution in [1.29, 1.82) is 0 Å². The fraction of sp³-hybridized carbons (Fsp3) is 0.179. The number of hydrogen-bond donors (Lipinski definition) is 2. The van der Waals surface area contributed by atoms with Crippen LogP contribution < -0.4 is 24.8 Å². The van der Waals surface area contributed by atoms with Gasteiger partial charge in [-0.05, 0) is 54.4 Å². The number of anilines is 2. The quantitative estimate of drug-likeness (QED) is 0.361. The molecule has 5 rings (SSSR count). The smallest absolute Gasteiger partial charge is 0.255 e. The first-order valence-electron chi connectivity index (χ1n) is 11.7. The van der Waals surface area contributed by atoms with Crippen molar-refractivity contribution < 1.29 is 19.0 Å². The molecule has 1 atom stereocenters. The molecule has 1 aliphatic rings. The van der Waals surface area contributed by atoms with E-state index in [0.717, 1.165) is 11.1 Å². The van der Waals surface area contributed by atoms with Crippen molar-refractivity contribution in [3.63, 3.8) is 0 Å². The van der Waals surface area contributed by atoms with Crippen molar-refractivity contribution >= 4 is 17.5 Å². The lowest BCUT2D eigenvalue weighted by atomic mass is 9.94. The lowest BCUT2D eigenvalue weighted by molar-refractivity contribution is -0.113. The molecule has 0 radical (unpaired) electrons. The zero-order valence-electron chi connectivity index (χ0n) is 20.8. The minimum absolute atomic E-state index is 0.260. The van der Waals surface area contributed by atoms with Crippen LogP contribution in [0.2, 0.25) is 0 Å². The summed E-state index contributed by atoms with van der Waals surface area (Å²) in [6, 6.07) is 22.2. The average molecular weight is 498 g/mol. The molecule has 4 aromatic rings. The summed E-state index contributed by atoms with van der Waals surface area (Å²) in [5.74, 6) is 2.16. The maximum atomic E-state index is 13.6. The van der Waals surface area contributed by atoms with Crippen LogP contribution in [0.5, 0.6) is 17.2 Å². The standard InChI is InChI=1S/C28H27N5O4/c1-18-25(27(34)32-21-10-12-22(35-2)13-11-21)26(33-28(31-18)29-17-30-33)20-9-14-23(24(15-20)36-3)37-16-19-7-5-4-6-8-19/h4-15,17,26H,16H2,1-3H3,(H,32,34)(H,29,30,31)/t26-/m1/s1. The summed E-state index contributed by atoms with van der Waals surface area (Å²) in [6.07, 6.45) is 1.46. The summed E-state index contributed by atoms with van der Waals surface area (Å²) in [5.41, 5.74) is 3.69. The highest BCUT2D eigenvalue weighted by Crippen LogP contribution is 2.39. The number of carbonyl (C=O) groups is 1. The van der Waals surface area contributed by atoms with Crippen molar-refractivity contribution in [3.8, 4) is 17.2 Å². The largest absolute Gasteiger partial charge is 0.497 e. The number of nitrogens with zero attached hydrogens (tertiary/aromatic N) is 3. The Balaban J connectivity index is 1.46. The lowest BCUT2D eigenvalue weighted by Crippen LogP contribution is -2.31. The molecule has 188 valence electrons. The van der Waals surface area contributed by atoms with Gasteiger partial charge in [-0.15, -0.1) is 0 Å². The Morgan fingerprint density at radius 1 is 1.00 bits per heavy atom. The Morgan fingerprint density at radius 2 is 1.78 bits per heavy atom. The van der Waals surface area contributed by atoms with Crippen LogP contribution in [0.3, 0.4) is 0 Å². The summed E-state index contributed by atoms with van der Waals surface area (Å²) < 4.78 is 18.6. The summed E-state index contributed by atoms with van der Waals surface area (Å²) in [4.78, 5) is 17.9. The van der Waals surface area contributed by atoms with E-state index in [9.17, 15) is 4.79 Å². The first kappa shape index (κ1) is 23.9. The van der Waals surface area contributed by atoms with E-state index < -0.39 is 6.04 Å². The second-order valence-corrected chi connectivity index (χ2v) is 8.46. The molecule has 0 unspecified atom stereocenters. The van der Waals surface area contributed by atoms with Crippen LogP contribution in [0.25, 0.3) is 0 Å². The molecule has 0 fully saturated rings. The van der Waals surface area contributed by atoms with Crippen LogP contribution in [0.1, 0.15) is 24.1 Å². The fourth-order valence-corrected chi connectivity index (χ4v) is 4.27. The summed E-state index contributed by atoms with van der Waals surface area (Å²) in [7, 11) is 3.19. The molecule has 9 heteroatoms. The summed E-state index contributed by atoms with van der Waals surface area (Å²) >= 11 is 0. The van der Waals surface area contributed by atoms with Crippen molar-refractivity contribution in [2.45, 2.75) is 19.6 Å². The molecule has 0 bridgehead atoms. The Kier molecular flexibility index (Phi) is 6.76. The average Bonchev–Trinajstić information content (AvgIpc) is 3.40. The molecule has 3 aromatic carbocycles. The zero-order chi connectivity index (χ0) is 25.8. The summed E-state index contributed by atoms with van der Waals surface area (Å²) in [5, 5.41) is 10.6. The van der Waals surface area contributed by atoms with E-state index in [0.29, 0.717) is 46.8 Å². The number of nitrogens with one attached hydrogen (secondary N) is 2. The van der Waals surface area contributed by atoms with E-state index in [1.54, 1.807) is 43.2 Å². The fourth-order valence-electron chi connectivity index (χ4n) is 4.27. The minimum atomic E-state index is -0.533. The highest BCUT2D eigenvalue weighted by Gasteiger charge is 2.34. The number of carbonyl (C=O) groups excluding carboxylic acids is 1. The first-order valence-corrected chi connectivity index (χ1v) is 11.7. The summed E-state index contributed by atoms with van der Waals surface area (Å²) in [6.45, 7) is 2.26. The number of rotatable bonds is 8. The van der Waals surface area contributed by atoms with E-state index in [-0.39, 0.29) is 5.91 Å². The highest BCUT2D eigenvalue weighted by molar-refractivity contribution is 6.06. The SMILES string of the molecule is COc1ccc(NC(=O)C2=C(C)Nc3ncnn3[C@@H]2c2ccc(OCc3ccccc3)c(OC)c2)cc1. The molecule has 0 spiro atoms. The van der Waals surface area contributed by atoms with Crippen LogP contribution in [-0.4, -0.2) is 34.9 Å². The van der Waals surface area contributed by atoms with Crippen molar-refractivity contribution in [2.24, 2.45) is 0 Å². The molecule has 2 N–H and O–H groups in total. The molecule has 1 aliphatic heterocycles. The highest BCUT2D eigenvalue weighted by atomic mass is 16.5. The normalized spacial score (nSPS) is 14.4. The van der Waals surface area contributed by atoms with Gasteiger partial charge in [0.2, 0.25) is 5.95 Å². The number of methoxy groups -OCH3 is 2. The van der Waals surface area contributed by atoms with E-state index >= 15 is 0 Å². The third-order valence-electron chi connectivity index (χ3n) is 6.13. The lowest BCUT2D eigenvalue weighted by Gasteiger charge is -2.29. The van der Waals surface area contributed by atoms with Gasteiger partial charge in [0.05, 0.1) is 19.8 Å². The van der Waals surface area contributed by atoms with E-state index in [4.69, 9.17) is 14.2 Å². The van der Waals surface area contributed by atoms with Crippen LogP contribution in [0.4, 0.5) is 11.6 Å². The predicted molar refractivity (Wildman–Crippen MR) is 140 cm³/mol. The van der Waals surface area contributed by atoms with Gasteiger partial charge in [0.15, 0.2) is 11.5 Å². The van der Waals surface area contributed by atoms with Crippen LogP contribution >= 0.6 is 0 Å². The second kappa shape index (κ2) is 10.4. The van der Waals surface area contributed by atoms with Gasteiger partial charge in [-0.3, -0.25) is 4.79 Å². The number of fused-ring (bicyclic) bond motifs is 1. The third kappa shape index (κ3) is 4.97. The number of allylic oxidation sites excluding steroid dienone is 1. The van der Waals surface area contributed by atoms with Gasteiger partial charge in [0, 0.05) is 11.4 Å². The van der Waals surface area contributed by atoms with Crippen LogP contribution in [0, 0.1) is 0 Å². The maximum absolute atomic E-state index is 13.6. The monoisotopic (exact) mass is 497 g/mol. The Morgan fingerprint density at radius 3 is 2.51 bits per heavy atom. The molecule has 37 heavy (non-hydrogen) atoms. The molecule has 1 aromatic heterocycles. The van der Waals surface area contributed by atoms with E-state index in [1.807, 2.05) is 55.5 Å². The molecule has 2 heterocycles. The topological polar surface area (TPSA) is 99.5 Å². The Hall–Kier alpha value is -4.79. The molecule has 0 aliphatic carbocycles. The molecular weight excluding hydrogens is 470 g/mol. The van der Waals surface area contributed by atoms with Gasteiger partial charge in [-0.2, -0.15) is 10.1 Å². The van der Waals surface area contributed by atoms with Crippen molar-refractivity contribution in [1.82, 2.24) is 14.8 Å². The number of benzene rings is 3. The van der Waals surface area contributed by atoms with E-state index in [1.165, 1.54) is 6.33 Å². The van der Waals surface area contributed by atoms with Crippen LogP contribution in [0.15, 0.2) is 90.4 Å². The molecule has 0 saturated carbocycles. The first-order chi connectivity index (χ1) is 18.1. The van der Waals surface area contributed by atoms with Gasteiger partial charge < -0.3 is 24.8 Å². The third-order valence-corrected chi connectivity index (χ3v) is 6.13. The predicted octanol–water partition coefficient (Wildman–Crippen LogP) is 4.80. The Bertz CT molecular complexity index is 1430. The van der Waals surface area contributed by atoms with Gasteiger partial charge in [-0.25, -0.2) is 4.68 Å². The van der Waals surface area contributed by atoms with Crippen LogP contribution in [-0.2, 0) is 11.4 Å². The van der Waals surface area contributed by atoms with E-state index in [2.05, 4.69) is 20.7 Å². The molecule has 0 saturated heterocycles. The van der Waals surface area contributed by atoms with Gasteiger partial charge in [0.1, 0.15) is 24.7 Å². The maximum Gasteiger partial charge on any atom is 0.255 e. The molecular formula is C28H27N5O4. The van der Waals surface area contributed by atoms with Gasteiger partial charge in [0.25, 0.3) is 5.91 Å². The number of amides is 1. The Labute approximate surface area is 214 Å². The second-order valence-electron chi connectivity index (χ2n) is 8.46. The van der Waals surface area contributed by atoms with Crippen molar-refractivity contribution in [3.05, 3.63) is 102 Å².